The van der Waals surface area contributed by atoms with Gasteiger partial charge in [-0.2, -0.15) is 5.10 Å². The maximum atomic E-state index is 13.8. The molecule has 2 amide bonds. The van der Waals surface area contributed by atoms with Crippen molar-refractivity contribution in [1.82, 2.24) is 14.7 Å². The Hall–Kier alpha value is -1.93. The fourth-order valence-electron chi connectivity index (χ4n) is 2.95. The van der Waals surface area contributed by atoms with Crippen LogP contribution in [0.25, 0.3) is 0 Å². The van der Waals surface area contributed by atoms with E-state index in [0.29, 0.717) is 21.9 Å². The minimum Gasteiger partial charge on any atom is -0.344 e. The highest BCUT2D eigenvalue weighted by atomic mass is 79.9. The molecule has 1 aromatic heterocycles. The van der Waals surface area contributed by atoms with Crippen LogP contribution in [-0.4, -0.2) is 40.1 Å². The van der Waals surface area contributed by atoms with E-state index in [0.717, 1.165) is 0 Å². The largest absolute Gasteiger partial charge is 0.344 e. The van der Waals surface area contributed by atoms with Gasteiger partial charge in [-0.25, -0.2) is 4.39 Å². The number of anilines is 1. The normalized spacial score (nSPS) is 20.2. The Morgan fingerprint density at radius 3 is 2.68 bits per heavy atom. The van der Waals surface area contributed by atoms with E-state index in [1.54, 1.807) is 20.2 Å². The summed E-state index contributed by atoms with van der Waals surface area (Å²) in [5.74, 6) is -2.97. The van der Waals surface area contributed by atoms with E-state index in [1.165, 1.54) is 27.8 Å². The minimum absolute atomic E-state index is 0.0340. The molecule has 6 nitrogen and oxygen atoms in total. The number of benzene rings is 1. The van der Waals surface area contributed by atoms with Crippen molar-refractivity contribution in [2.24, 2.45) is 13.0 Å². The van der Waals surface area contributed by atoms with Crippen molar-refractivity contribution in [3.05, 3.63) is 45.4 Å². The average molecular weight is 430 g/mol. The lowest BCUT2D eigenvalue weighted by Gasteiger charge is -2.15. The maximum absolute atomic E-state index is 13.8. The number of para-hydroxylation sites is 1. The maximum Gasteiger partial charge on any atom is 0.237 e. The molecule has 9 heteroatoms. The molecule has 0 aliphatic carbocycles. The SMILES string of the molecule is CN1C[C@H](c2nn(C)c(Cl)c2Br)[C@@H](C(=O)Nc2ccccc2F)C1=O. The summed E-state index contributed by atoms with van der Waals surface area (Å²) in [6.07, 6.45) is 0. The van der Waals surface area contributed by atoms with Gasteiger partial charge in [-0.1, -0.05) is 23.7 Å². The second-order valence-corrected chi connectivity index (χ2v) is 7.04. The number of nitrogens with one attached hydrogen (secondary N) is 1. The molecule has 1 saturated heterocycles. The van der Waals surface area contributed by atoms with E-state index < -0.39 is 23.6 Å². The number of halogens is 3. The van der Waals surface area contributed by atoms with Crippen LogP contribution in [0.5, 0.6) is 0 Å². The number of likely N-dealkylation sites (tertiary alicyclic amines) is 1. The summed E-state index contributed by atoms with van der Waals surface area (Å²) in [6.45, 7) is 0.320. The van der Waals surface area contributed by atoms with Gasteiger partial charge in [0.25, 0.3) is 0 Å². The van der Waals surface area contributed by atoms with Crippen molar-refractivity contribution in [1.29, 1.82) is 0 Å². The molecule has 132 valence electrons. The number of carbonyl (C=O) groups is 2. The van der Waals surface area contributed by atoms with Crippen molar-refractivity contribution < 1.29 is 14.0 Å². The van der Waals surface area contributed by atoms with Crippen LogP contribution in [0, 0.1) is 11.7 Å². The Labute approximate surface area is 157 Å². The van der Waals surface area contributed by atoms with Crippen LogP contribution in [0.2, 0.25) is 5.15 Å². The molecular weight excluding hydrogens is 415 g/mol. The molecule has 0 bridgehead atoms. The van der Waals surface area contributed by atoms with Crippen LogP contribution >= 0.6 is 27.5 Å². The van der Waals surface area contributed by atoms with Crippen LogP contribution in [0.1, 0.15) is 11.6 Å². The van der Waals surface area contributed by atoms with Crippen LogP contribution in [0.3, 0.4) is 0 Å². The van der Waals surface area contributed by atoms with Gasteiger partial charge in [0.15, 0.2) is 0 Å². The van der Waals surface area contributed by atoms with Gasteiger partial charge in [-0.3, -0.25) is 14.3 Å². The van der Waals surface area contributed by atoms with Gasteiger partial charge in [0, 0.05) is 26.6 Å². The van der Waals surface area contributed by atoms with E-state index >= 15 is 0 Å². The Morgan fingerprint density at radius 1 is 1.40 bits per heavy atom. The smallest absolute Gasteiger partial charge is 0.237 e. The molecule has 2 heterocycles. The van der Waals surface area contributed by atoms with E-state index in [2.05, 4.69) is 26.3 Å². The first-order chi connectivity index (χ1) is 11.8. The number of likely N-dealkylation sites (N-methyl/N-ethyl adjacent to an activating group) is 1. The zero-order valence-corrected chi connectivity index (χ0v) is 15.8. The molecule has 2 aromatic rings. The minimum atomic E-state index is -1.01. The predicted octanol–water partition coefficient (Wildman–Crippen LogP) is 2.79. The number of aromatic nitrogens is 2. The summed E-state index contributed by atoms with van der Waals surface area (Å²) in [6, 6.07) is 5.81. The molecule has 1 aliphatic rings. The van der Waals surface area contributed by atoms with Crippen LogP contribution in [0.4, 0.5) is 10.1 Å². The van der Waals surface area contributed by atoms with E-state index in [4.69, 9.17) is 11.6 Å². The highest BCUT2D eigenvalue weighted by molar-refractivity contribution is 9.10. The van der Waals surface area contributed by atoms with Crippen molar-refractivity contribution in [3.8, 4) is 0 Å². The lowest BCUT2D eigenvalue weighted by Crippen LogP contribution is -2.33. The number of amides is 2. The highest BCUT2D eigenvalue weighted by Crippen LogP contribution is 2.39. The van der Waals surface area contributed by atoms with Gasteiger partial charge in [0.1, 0.15) is 16.9 Å². The lowest BCUT2D eigenvalue weighted by atomic mass is 9.91. The van der Waals surface area contributed by atoms with Gasteiger partial charge >= 0.3 is 0 Å². The third-order valence-electron chi connectivity index (χ3n) is 4.23. The summed E-state index contributed by atoms with van der Waals surface area (Å²) in [4.78, 5) is 26.7. The zero-order valence-electron chi connectivity index (χ0n) is 13.5. The second-order valence-electron chi connectivity index (χ2n) is 5.89. The molecule has 1 aromatic carbocycles. The molecule has 1 aliphatic heterocycles. The fourth-order valence-corrected chi connectivity index (χ4v) is 3.71. The Bertz CT molecular complexity index is 857. The molecule has 0 spiro atoms. The number of hydrogen-bond acceptors (Lipinski definition) is 3. The summed E-state index contributed by atoms with van der Waals surface area (Å²) < 4.78 is 15.8. The van der Waals surface area contributed by atoms with Gasteiger partial charge in [0.05, 0.1) is 15.9 Å². The van der Waals surface area contributed by atoms with Crippen LogP contribution < -0.4 is 5.32 Å². The first-order valence-electron chi connectivity index (χ1n) is 7.49. The first kappa shape index (κ1) is 17.9. The van der Waals surface area contributed by atoms with Crippen molar-refractivity contribution in [3.63, 3.8) is 0 Å². The molecule has 1 fully saturated rings. The number of aryl methyl sites for hydroxylation is 1. The quantitative estimate of drug-likeness (QED) is 0.763. The van der Waals surface area contributed by atoms with Gasteiger partial charge in [0.2, 0.25) is 11.8 Å². The number of hydrogen-bond donors (Lipinski definition) is 1. The van der Waals surface area contributed by atoms with Crippen LogP contribution in [-0.2, 0) is 16.6 Å². The third-order valence-corrected chi connectivity index (χ3v) is 5.67. The van der Waals surface area contributed by atoms with Gasteiger partial charge in [-0.05, 0) is 28.1 Å². The molecular formula is C16H15BrClFN4O2. The number of carbonyl (C=O) groups excluding carboxylic acids is 2. The molecule has 25 heavy (non-hydrogen) atoms. The Morgan fingerprint density at radius 2 is 2.08 bits per heavy atom. The molecule has 3 rings (SSSR count). The summed E-state index contributed by atoms with van der Waals surface area (Å²) in [5, 5.41) is 7.20. The van der Waals surface area contributed by atoms with E-state index in [1.807, 2.05) is 0 Å². The lowest BCUT2D eigenvalue weighted by molar-refractivity contribution is -0.135. The molecule has 2 atom stereocenters. The van der Waals surface area contributed by atoms with Crippen molar-refractivity contribution >= 4 is 45.0 Å². The first-order valence-corrected chi connectivity index (χ1v) is 8.66. The standard InChI is InChI=1S/C16H15BrClFN4O2/c1-22-7-8(13-12(17)14(18)23(2)21-13)11(16(22)25)15(24)20-10-6-4-3-5-9(10)19/h3-6,8,11H,7H2,1-2H3,(H,20,24)/t8-,11-/m0/s1. The number of nitrogens with zero attached hydrogens (tertiary/aromatic N) is 3. The number of rotatable bonds is 3. The topological polar surface area (TPSA) is 67.2 Å². The summed E-state index contributed by atoms with van der Waals surface area (Å²) in [7, 11) is 3.29. The summed E-state index contributed by atoms with van der Waals surface area (Å²) in [5.41, 5.74) is 0.561. The van der Waals surface area contributed by atoms with Crippen LogP contribution in [0.15, 0.2) is 28.7 Å². The van der Waals surface area contributed by atoms with Crippen molar-refractivity contribution in [2.45, 2.75) is 5.92 Å². The fraction of sp³-hybridized carbons (Fsp3) is 0.312. The van der Waals surface area contributed by atoms with E-state index in [9.17, 15) is 14.0 Å². The Kier molecular flexibility index (Phi) is 4.83. The second kappa shape index (κ2) is 6.76. The average Bonchev–Trinajstić information content (AvgIpc) is 3.01. The third kappa shape index (κ3) is 3.16. The monoisotopic (exact) mass is 428 g/mol. The van der Waals surface area contributed by atoms with Crippen molar-refractivity contribution in [2.75, 3.05) is 18.9 Å². The summed E-state index contributed by atoms with van der Waals surface area (Å²) >= 11 is 9.50. The predicted molar refractivity (Wildman–Crippen MR) is 94.8 cm³/mol. The highest BCUT2D eigenvalue weighted by Gasteiger charge is 2.46. The molecule has 0 saturated carbocycles. The molecule has 0 radical (unpaired) electrons. The molecule has 0 unspecified atom stereocenters. The Balaban J connectivity index is 1.93. The molecule has 1 N–H and O–H groups in total. The zero-order chi connectivity index (χ0) is 18.3. The van der Waals surface area contributed by atoms with Gasteiger partial charge < -0.3 is 10.2 Å². The van der Waals surface area contributed by atoms with E-state index in [-0.39, 0.29) is 11.6 Å². The van der Waals surface area contributed by atoms with Gasteiger partial charge in [-0.15, -0.1) is 0 Å².